The van der Waals surface area contributed by atoms with Crippen LogP contribution in [0.5, 0.6) is 5.75 Å². The molecule has 2 aromatic rings. The highest BCUT2D eigenvalue weighted by Gasteiger charge is 2.71. The molecule has 5 nitrogen and oxygen atoms in total. The Balaban J connectivity index is 1.69. The third-order valence-corrected chi connectivity index (χ3v) is 15.0. The molecule has 5 rings (SSSR count). The van der Waals surface area contributed by atoms with E-state index < -0.39 is 31.4 Å². The van der Waals surface area contributed by atoms with Gasteiger partial charge >= 0.3 is 5.97 Å². The maximum Gasteiger partial charge on any atom is 0.321 e. The van der Waals surface area contributed by atoms with E-state index in [1.54, 1.807) is 7.11 Å². The standard InChI is InChI=1S/C35H44O5Si/c1-9-25-17-18-26(10-2)35(25)22-34(32(37)39-35,29-20-24-16-19-27(38-6)21-28(24)29)31(36)30(23-14-12-11-13-15-23)40-41(7,8)33(3,4)5/h9-16,19,21,25-26,29-30H,1-2,17-18,20,22H2,3-8H3/t25-,26-,29?,30-,34+/m0/s1. The summed E-state index contributed by atoms with van der Waals surface area (Å²) >= 11 is 0. The van der Waals surface area contributed by atoms with E-state index in [1.807, 2.05) is 60.7 Å². The minimum atomic E-state index is -2.44. The third-order valence-electron chi connectivity index (χ3n) is 10.6. The molecule has 2 fully saturated rings. The first-order chi connectivity index (χ1) is 19.3. The van der Waals surface area contributed by atoms with E-state index in [9.17, 15) is 4.79 Å². The number of hydrogen-bond acceptors (Lipinski definition) is 5. The van der Waals surface area contributed by atoms with Gasteiger partial charge in [-0.15, -0.1) is 13.2 Å². The molecule has 1 spiro atoms. The third kappa shape index (κ3) is 4.54. The lowest BCUT2D eigenvalue weighted by molar-refractivity contribution is -0.162. The average molecular weight is 573 g/mol. The highest BCUT2D eigenvalue weighted by Crippen LogP contribution is 2.64. The first-order valence-corrected chi connectivity index (χ1v) is 17.7. The van der Waals surface area contributed by atoms with Crippen molar-refractivity contribution in [3.05, 3.63) is 90.5 Å². The molecule has 0 aromatic heterocycles. The van der Waals surface area contributed by atoms with E-state index in [0.29, 0.717) is 12.2 Å². The fourth-order valence-corrected chi connectivity index (χ4v) is 8.24. The van der Waals surface area contributed by atoms with E-state index in [-0.39, 0.29) is 35.0 Å². The van der Waals surface area contributed by atoms with Crippen LogP contribution in [0.4, 0.5) is 0 Å². The van der Waals surface area contributed by atoms with Gasteiger partial charge in [0.25, 0.3) is 0 Å². The van der Waals surface area contributed by atoms with E-state index in [0.717, 1.165) is 29.5 Å². The molecule has 218 valence electrons. The van der Waals surface area contributed by atoms with Gasteiger partial charge in [0.1, 0.15) is 22.9 Å². The zero-order valence-electron chi connectivity index (χ0n) is 25.4. The molecule has 1 aliphatic heterocycles. The number of rotatable bonds is 9. The van der Waals surface area contributed by atoms with Gasteiger partial charge in [-0.1, -0.05) is 69.3 Å². The molecule has 0 radical (unpaired) electrons. The first-order valence-electron chi connectivity index (χ1n) is 14.8. The van der Waals surface area contributed by atoms with Crippen LogP contribution >= 0.6 is 0 Å². The Labute approximate surface area is 246 Å². The van der Waals surface area contributed by atoms with Crippen LogP contribution in [-0.4, -0.2) is 32.8 Å². The maximum atomic E-state index is 15.3. The van der Waals surface area contributed by atoms with Crippen LogP contribution in [-0.2, 0) is 25.2 Å². The summed E-state index contributed by atoms with van der Waals surface area (Å²) in [5, 5.41) is -0.130. The van der Waals surface area contributed by atoms with E-state index >= 15 is 4.79 Å². The summed E-state index contributed by atoms with van der Waals surface area (Å²) < 4.78 is 19.0. The highest BCUT2D eigenvalue weighted by atomic mass is 28.4. The second-order valence-corrected chi connectivity index (χ2v) is 18.4. The van der Waals surface area contributed by atoms with Crippen molar-refractivity contribution < 1.29 is 23.5 Å². The number of ether oxygens (including phenoxy) is 2. The summed E-state index contributed by atoms with van der Waals surface area (Å²) in [6.07, 6.45) is 5.50. The summed E-state index contributed by atoms with van der Waals surface area (Å²) in [4.78, 5) is 29.9. The molecule has 0 amide bonds. The number of carbonyl (C=O) groups is 2. The van der Waals surface area contributed by atoms with E-state index in [2.05, 4.69) is 47.0 Å². The first kappa shape index (κ1) is 29.5. The lowest BCUT2D eigenvalue weighted by atomic mass is 9.56. The van der Waals surface area contributed by atoms with Crippen molar-refractivity contribution in [1.29, 1.82) is 0 Å². The van der Waals surface area contributed by atoms with Crippen molar-refractivity contribution in [2.75, 3.05) is 7.11 Å². The Hall–Kier alpha value is -2.96. The van der Waals surface area contributed by atoms with Gasteiger partial charge in [0.05, 0.1) is 7.11 Å². The zero-order valence-corrected chi connectivity index (χ0v) is 26.4. The van der Waals surface area contributed by atoms with Crippen molar-refractivity contribution in [1.82, 2.24) is 0 Å². The quantitative estimate of drug-likeness (QED) is 0.133. The summed E-state index contributed by atoms with van der Waals surface area (Å²) in [6.45, 7) is 19.0. The summed E-state index contributed by atoms with van der Waals surface area (Å²) in [6, 6.07) is 15.6. The van der Waals surface area contributed by atoms with Gasteiger partial charge in [0, 0.05) is 24.2 Å². The van der Waals surface area contributed by atoms with Crippen LogP contribution in [0.25, 0.3) is 0 Å². The molecule has 1 heterocycles. The molecule has 2 aromatic carbocycles. The van der Waals surface area contributed by atoms with Crippen LogP contribution in [0.3, 0.4) is 0 Å². The topological polar surface area (TPSA) is 61.8 Å². The number of benzene rings is 2. The predicted molar refractivity (Wildman–Crippen MR) is 164 cm³/mol. The Morgan fingerprint density at radius 2 is 1.71 bits per heavy atom. The van der Waals surface area contributed by atoms with Gasteiger partial charge < -0.3 is 13.9 Å². The molecule has 2 aliphatic carbocycles. The van der Waals surface area contributed by atoms with Gasteiger partial charge in [0.15, 0.2) is 14.1 Å². The highest BCUT2D eigenvalue weighted by molar-refractivity contribution is 6.74. The molecule has 5 atom stereocenters. The Bertz CT molecular complexity index is 1340. The largest absolute Gasteiger partial charge is 0.497 e. The number of Topliss-reactive ketones (excluding diaryl/α,β-unsaturated/α-hetero) is 1. The molecule has 1 saturated heterocycles. The lowest BCUT2D eigenvalue weighted by Crippen LogP contribution is -2.51. The number of ketones is 1. The van der Waals surface area contributed by atoms with Crippen molar-refractivity contribution in [2.24, 2.45) is 17.3 Å². The number of esters is 1. The SMILES string of the molecule is C=C[C@H]1CC[C@H](C=C)C12C[C@](C(=O)[C@@H](O[Si](C)(C)C(C)(C)C)c1ccccc1)(C1Cc3ccc(OC)cc31)C(=O)O2. The van der Waals surface area contributed by atoms with E-state index in [1.165, 1.54) is 0 Å². The predicted octanol–water partition coefficient (Wildman–Crippen LogP) is 7.74. The fourth-order valence-electron chi connectivity index (χ4n) is 7.06. The Morgan fingerprint density at radius 1 is 1.07 bits per heavy atom. The van der Waals surface area contributed by atoms with Crippen molar-refractivity contribution >= 4 is 20.1 Å². The zero-order chi connectivity index (χ0) is 29.8. The van der Waals surface area contributed by atoms with Crippen LogP contribution in [0.1, 0.15) is 68.7 Å². The minimum absolute atomic E-state index is 0.0505. The molecule has 0 bridgehead atoms. The second kappa shape index (κ2) is 10.4. The molecule has 0 N–H and O–H groups in total. The number of methoxy groups -OCH3 is 1. The Kier molecular flexibility index (Phi) is 7.48. The van der Waals surface area contributed by atoms with Gasteiger partial charge in [-0.2, -0.15) is 0 Å². The number of hydrogen-bond donors (Lipinski definition) is 0. The van der Waals surface area contributed by atoms with Gasteiger partial charge in [-0.25, -0.2) is 0 Å². The molecule has 6 heteroatoms. The van der Waals surface area contributed by atoms with Crippen LogP contribution in [0.15, 0.2) is 73.8 Å². The van der Waals surface area contributed by atoms with Gasteiger partial charge in [0.2, 0.25) is 0 Å². The number of carbonyl (C=O) groups excluding carboxylic acids is 2. The minimum Gasteiger partial charge on any atom is -0.497 e. The van der Waals surface area contributed by atoms with E-state index in [4.69, 9.17) is 13.9 Å². The van der Waals surface area contributed by atoms with Crippen molar-refractivity contribution in [3.63, 3.8) is 0 Å². The van der Waals surface area contributed by atoms with Crippen molar-refractivity contribution in [2.45, 2.75) is 82.2 Å². The fraction of sp³-hybridized carbons (Fsp3) is 0.486. The molecule has 41 heavy (non-hydrogen) atoms. The summed E-state index contributed by atoms with van der Waals surface area (Å²) in [5.41, 5.74) is 0.630. The normalized spacial score (nSPS) is 27.5. The van der Waals surface area contributed by atoms with Crippen LogP contribution in [0.2, 0.25) is 18.1 Å². The average Bonchev–Trinajstić information content (AvgIpc) is 3.43. The van der Waals surface area contributed by atoms with Crippen molar-refractivity contribution in [3.8, 4) is 5.75 Å². The molecular weight excluding hydrogens is 528 g/mol. The monoisotopic (exact) mass is 572 g/mol. The maximum absolute atomic E-state index is 15.3. The molecule has 1 saturated carbocycles. The molecule has 1 unspecified atom stereocenters. The lowest BCUT2D eigenvalue weighted by Gasteiger charge is -2.45. The van der Waals surface area contributed by atoms with Gasteiger partial charge in [-0.05, 0) is 66.2 Å². The molecular formula is C35H44O5Si. The van der Waals surface area contributed by atoms with Crippen LogP contribution in [0, 0.1) is 17.3 Å². The van der Waals surface area contributed by atoms with Crippen LogP contribution < -0.4 is 4.74 Å². The number of fused-ring (bicyclic) bond motifs is 1. The summed E-state index contributed by atoms with van der Waals surface area (Å²) in [7, 11) is -0.804. The summed E-state index contributed by atoms with van der Waals surface area (Å²) in [5.74, 6) is -0.371. The second-order valence-electron chi connectivity index (χ2n) is 13.6. The van der Waals surface area contributed by atoms with Gasteiger partial charge in [-0.3, -0.25) is 9.59 Å². The smallest absolute Gasteiger partial charge is 0.321 e. The molecule has 3 aliphatic rings. The Morgan fingerprint density at radius 3 is 2.27 bits per heavy atom.